The molecule has 3 amide bonds. The maximum Gasteiger partial charge on any atom is 0.293 e. The van der Waals surface area contributed by atoms with Crippen LogP contribution >= 0.6 is 0 Å². The van der Waals surface area contributed by atoms with Gasteiger partial charge in [0.1, 0.15) is 11.3 Å². The summed E-state index contributed by atoms with van der Waals surface area (Å²) in [6.45, 7) is 1.92. The lowest BCUT2D eigenvalue weighted by molar-refractivity contribution is -0.384. The predicted octanol–water partition coefficient (Wildman–Crippen LogP) is 2.15. The maximum atomic E-state index is 13.4. The van der Waals surface area contributed by atoms with E-state index < -0.39 is 40.3 Å². The summed E-state index contributed by atoms with van der Waals surface area (Å²) < 4.78 is 6.01. The average molecular weight is 433 g/mol. The highest BCUT2D eigenvalue weighted by Gasteiger charge is 2.68. The molecule has 3 aliphatic heterocycles. The third-order valence-electron chi connectivity index (χ3n) is 6.31. The van der Waals surface area contributed by atoms with Crippen LogP contribution in [-0.2, 0) is 14.3 Å². The number of nitro benzene ring substituents is 1. The molecule has 2 aromatic carbocycles. The van der Waals surface area contributed by atoms with Crippen LogP contribution in [0.5, 0.6) is 0 Å². The molecule has 1 N–H and O–H groups in total. The summed E-state index contributed by atoms with van der Waals surface area (Å²) >= 11 is 0. The van der Waals surface area contributed by atoms with Crippen LogP contribution in [0.2, 0.25) is 0 Å². The average Bonchev–Trinajstić information content (AvgIpc) is 3.43. The fourth-order valence-electron chi connectivity index (χ4n) is 4.78. The van der Waals surface area contributed by atoms with Gasteiger partial charge in [0.25, 0.3) is 11.6 Å². The largest absolute Gasteiger partial charge is 0.360 e. The van der Waals surface area contributed by atoms with Crippen LogP contribution in [0.3, 0.4) is 0 Å². The molecule has 4 atom stereocenters. The number of benzene rings is 2. The minimum absolute atomic E-state index is 0.00236. The summed E-state index contributed by atoms with van der Waals surface area (Å²) in [6, 6.07) is 12.7. The van der Waals surface area contributed by atoms with E-state index in [1.165, 1.54) is 24.3 Å². The molecule has 162 valence electrons. The van der Waals surface area contributed by atoms with Gasteiger partial charge < -0.3 is 10.1 Å². The van der Waals surface area contributed by atoms with E-state index in [-0.39, 0.29) is 23.8 Å². The fourth-order valence-corrected chi connectivity index (χ4v) is 4.78. The van der Waals surface area contributed by atoms with Crippen molar-refractivity contribution in [3.05, 3.63) is 81.9 Å². The molecule has 0 unspecified atom stereocenters. The van der Waals surface area contributed by atoms with Crippen molar-refractivity contribution in [1.82, 2.24) is 5.32 Å². The highest BCUT2D eigenvalue weighted by molar-refractivity contribution is 6.24. The number of imide groups is 1. The second-order valence-corrected chi connectivity index (χ2v) is 8.21. The molecule has 0 aromatic heterocycles. The Kier molecular flexibility index (Phi) is 4.45. The summed E-state index contributed by atoms with van der Waals surface area (Å²) in [5.74, 6) is -3.08. The van der Waals surface area contributed by atoms with Gasteiger partial charge in [0.2, 0.25) is 11.8 Å². The van der Waals surface area contributed by atoms with Crippen molar-refractivity contribution in [2.45, 2.75) is 18.6 Å². The zero-order valence-electron chi connectivity index (χ0n) is 17.1. The Labute approximate surface area is 182 Å². The van der Waals surface area contributed by atoms with Crippen molar-refractivity contribution >= 4 is 29.1 Å². The minimum Gasteiger partial charge on any atom is -0.360 e. The van der Waals surface area contributed by atoms with Gasteiger partial charge in [0.15, 0.2) is 0 Å². The van der Waals surface area contributed by atoms with E-state index in [0.29, 0.717) is 5.56 Å². The molecule has 0 spiro atoms. The molecule has 3 aliphatic rings. The molecule has 9 heteroatoms. The van der Waals surface area contributed by atoms with Crippen molar-refractivity contribution in [2.75, 3.05) is 11.4 Å². The lowest BCUT2D eigenvalue weighted by atomic mass is 9.77. The molecule has 2 aromatic rings. The van der Waals surface area contributed by atoms with E-state index in [2.05, 4.69) is 5.32 Å². The summed E-state index contributed by atoms with van der Waals surface area (Å²) in [4.78, 5) is 50.9. The number of carbonyl (C=O) groups is 3. The smallest absolute Gasteiger partial charge is 0.293 e. The normalized spacial score (nSPS) is 27.7. The number of rotatable bonds is 5. The van der Waals surface area contributed by atoms with Crippen LogP contribution < -0.4 is 10.2 Å². The SMILES string of the molecule is Cc1ccc(C(=O)NC[C@@]23C=C[C@@H](O2)[C@@H]2C(=O)N(c4ccccc4[N+](=O)[O-])C(=O)[C@@H]23)cc1. The topological polar surface area (TPSA) is 119 Å². The number of ether oxygens (including phenoxy) is 1. The van der Waals surface area contributed by atoms with E-state index in [0.717, 1.165) is 10.5 Å². The van der Waals surface area contributed by atoms with E-state index in [1.807, 2.05) is 19.1 Å². The Morgan fingerprint density at radius 3 is 2.59 bits per heavy atom. The van der Waals surface area contributed by atoms with Crippen LogP contribution in [0.4, 0.5) is 11.4 Å². The number of aryl methyl sites for hydroxylation is 1. The van der Waals surface area contributed by atoms with Crippen LogP contribution in [0.15, 0.2) is 60.7 Å². The number of nitrogens with zero attached hydrogens (tertiary/aromatic N) is 2. The van der Waals surface area contributed by atoms with Gasteiger partial charge in [-0.2, -0.15) is 0 Å². The molecule has 0 aliphatic carbocycles. The van der Waals surface area contributed by atoms with Gasteiger partial charge in [-0.05, 0) is 25.1 Å². The molecule has 5 rings (SSSR count). The Morgan fingerprint density at radius 2 is 1.88 bits per heavy atom. The van der Waals surface area contributed by atoms with Crippen molar-refractivity contribution in [2.24, 2.45) is 11.8 Å². The van der Waals surface area contributed by atoms with Crippen LogP contribution in [0.1, 0.15) is 15.9 Å². The first-order valence-corrected chi connectivity index (χ1v) is 10.2. The van der Waals surface area contributed by atoms with Gasteiger partial charge in [0, 0.05) is 11.6 Å². The summed E-state index contributed by atoms with van der Waals surface area (Å²) in [5.41, 5.74) is -0.0673. The molecular formula is C23H19N3O6. The maximum absolute atomic E-state index is 13.4. The Bertz CT molecular complexity index is 1190. The van der Waals surface area contributed by atoms with Crippen LogP contribution in [0.25, 0.3) is 0 Å². The van der Waals surface area contributed by atoms with Crippen molar-refractivity contribution < 1.29 is 24.0 Å². The number of hydrogen-bond donors (Lipinski definition) is 1. The standard InChI is InChI=1S/C23H19N3O6/c1-13-6-8-14(9-7-13)20(27)24-12-23-11-10-17(32-23)18-19(23)22(29)25(21(18)28)15-4-2-3-5-16(15)26(30)31/h2-11,17-19H,12H2,1H3,(H,24,27)/t17-,18+,19-,23-/m1/s1. The lowest BCUT2D eigenvalue weighted by Crippen LogP contribution is -2.48. The Hall–Kier alpha value is -3.85. The molecular weight excluding hydrogens is 414 g/mol. The van der Waals surface area contributed by atoms with Gasteiger partial charge in [-0.15, -0.1) is 0 Å². The summed E-state index contributed by atoms with van der Waals surface area (Å²) in [5, 5.41) is 14.3. The number of fused-ring (bicyclic) bond motifs is 5. The zero-order chi connectivity index (χ0) is 22.6. The first kappa shape index (κ1) is 20.1. The molecule has 0 saturated carbocycles. The zero-order valence-corrected chi connectivity index (χ0v) is 17.1. The third kappa shape index (κ3) is 2.85. The highest BCUT2D eigenvalue weighted by Crippen LogP contribution is 2.53. The molecule has 3 heterocycles. The van der Waals surface area contributed by atoms with Gasteiger partial charge >= 0.3 is 0 Å². The number of hydrogen-bond acceptors (Lipinski definition) is 6. The fraction of sp³-hybridized carbons (Fsp3) is 0.261. The highest BCUT2D eigenvalue weighted by atomic mass is 16.6. The monoisotopic (exact) mass is 433 g/mol. The van der Waals surface area contributed by atoms with Gasteiger partial charge in [0.05, 0.1) is 29.4 Å². The number of nitrogens with one attached hydrogen (secondary N) is 1. The van der Waals surface area contributed by atoms with E-state index in [1.54, 1.807) is 24.3 Å². The number of anilines is 1. The quantitative estimate of drug-likeness (QED) is 0.334. The lowest BCUT2D eigenvalue weighted by Gasteiger charge is -2.29. The van der Waals surface area contributed by atoms with Crippen LogP contribution in [0, 0.1) is 28.9 Å². The molecule has 0 radical (unpaired) electrons. The molecule has 2 bridgehead atoms. The second kappa shape index (κ2) is 7.10. The first-order valence-electron chi connectivity index (χ1n) is 10.2. The van der Waals surface area contributed by atoms with E-state index in [9.17, 15) is 24.5 Å². The number of para-hydroxylation sites is 2. The second-order valence-electron chi connectivity index (χ2n) is 8.21. The van der Waals surface area contributed by atoms with Crippen molar-refractivity contribution in [1.29, 1.82) is 0 Å². The molecule has 2 saturated heterocycles. The Morgan fingerprint density at radius 1 is 1.16 bits per heavy atom. The molecule has 2 fully saturated rings. The number of carbonyl (C=O) groups excluding carboxylic acids is 3. The summed E-state index contributed by atoms with van der Waals surface area (Å²) in [6.07, 6.45) is 2.80. The van der Waals surface area contributed by atoms with Crippen molar-refractivity contribution in [3.8, 4) is 0 Å². The van der Waals surface area contributed by atoms with E-state index >= 15 is 0 Å². The number of amides is 3. The summed E-state index contributed by atoms with van der Waals surface area (Å²) in [7, 11) is 0. The minimum atomic E-state index is -1.18. The van der Waals surface area contributed by atoms with Gasteiger partial charge in [-0.25, -0.2) is 4.90 Å². The molecule has 9 nitrogen and oxygen atoms in total. The number of nitro groups is 1. The molecule has 32 heavy (non-hydrogen) atoms. The van der Waals surface area contributed by atoms with Gasteiger partial charge in [-0.1, -0.05) is 42.0 Å². The Balaban J connectivity index is 1.42. The van der Waals surface area contributed by atoms with E-state index in [4.69, 9.17) is 4.74 Å². The third-order valence-corrected chi connectivity index (χ3v) is 6.31. The first-order chi connectivity index (χ1) is 15.3. The predicted molar refractivity (Wildman–Crippen MR) is 113 cm³/mol. The van der Waals surface area contributed by atoms with Crippen molar-refractivity contribution in [3.63, 3.8) is 0 Å². The van der Waals surface area contributed by atoms with Gasteiger partial charge in [-0.3, -0.25) is 24.5 Å². The van der Waals surface area contributed by atoms with Crippen LogP contribution in [-0.4, -0.2) is 40.9 Å².